The first kappa shape index (κ1) is 20.4. The van der Waals surface area contributed by atoms with Crippen LogP contribution in [-0.4, -0.2) is 32.8 Å². The molecule has 0 N–H and O–H groups in total. The maximum Gasteiger partial charge on any atom is 0.379 e. The van der Waals surface area contributed by atoms with E-state index in [1.807, 2.05) is 73.6 Å². The van der Waals surface area contributed by atoms with Crippen molar-refractivity contribution in [3.8, 4) is 0 Å². The molecule has 2 aromatic carbocycles. The van der Waals surface area contributed by atoms with E-state index < -0.39 is 7.60 Å². The maximum absolute atomic E-state index is 13.3. The largest absolute Gasteiger partial charge is 0.379 e. The van der Waals surface area contributed by atoms with Gasteiger partial charge in [0.25, 0.3) is 0 Å². The van der Waals surface area contributed by atoms with Crippen molar-refractivity contribution in [3.05, 3.63) is 65.7 Å². The first-order valence-corrected chi connectivity index (χ1v) is 10.3. The second kappa shape index (κ2) is 9.67. The van der Waals surface area contributed by atoms with Crippen molar-refractivity contribution in [2.75, 3.05) is 32.2 Å². The molecule has 2 aromatic rings. The van der Waals surface area contributed by atoms with Crippen molar-refractivity contribution in [3.63, 3.8) is 0 Å². The van der Waals surface area contributed by atoms with Crippen LogP contribution in [0, 0.1) is 0 Å². The lowest BCUT2D eigenvalue weighted by atomic mass is 10.2. The molecule has 0 saturated carbocycles. The van der Waals surface area contributed by atoms with Gasteiger partial charge in [0.2, 0.25) is 0 Å². The van der Waals surface area contributed by atoms with Crippen molar-refractivity contribution in [1.82, 2.24) is 0 Å². The lowest BCUT2D eigenvalue weighted by Gasteiger charge is -2.19. The zero-order chi connectivity index (χ0) is 19.0. The third kappa shape index (κ3) is 5.28. The molecule has 0 spiro atoms. The molecule has 6 heteroatoms. The van der Waals surface area contributed by atoms with Crippen molar-refractivity contribution in [2.24, 2.45) is 4.99 Å². The highest BCUT2D eigenvalue weighted by atomic mass is 31.2. The predicted molar refractivity (Wildman–Crippen MR) is 108 cm³/mol. The number of anilines is 1. The highest BCUT2D eigenvalue weighted by Gasteiger charge is 2.32. The number of hydrogen-bond donors (Lipinski definition) is 0. The van der Waals surface area contributed by atoms with Gasteiger partial charge in [0.15, 0.2) is 5.45 Å². The van der Waals surface area contributed by atoms with Crippen LogP contribution in [0.3, 0.4) is 0 Å². The number of aliphatic imine (C=N–C) groups is 1. The van der Waals surface area contributed by atoms with Gasteiger partial charge in [0.05, 0.1) is 19.8 Å². The average Bonchev–Trinajstić information content (AvgIpc) is 2.63. The van der Waals surface area contributed by atoms with Gasteiger partial charge in [-0.1, -0.05) is 42.5 Å². The van der Waals surface area contributed by atoms with Gasteiger partial charge in [-0.2, -0.15) is 0 Å². The van der Waals surface area contributed by atoms with E-state index in [-0.39, 0.29) is 0 Å². The number of benzene rings is 2. The van der Waals surface area contributed by atoms with Crippen molar-refractivity contribution in [1.29, 1.82) is 0 Å². The highest BCUT2D eigenvalue weighted by molar-refractivity contribution is 7.73. The van der Waals surface area contributed by atoms with E-state index in [1.165, 1.54) is 0 Å². The fraction of sp³-hybridized carbons (Fsp3) is 0.350. The molecule has 0 aliphatic rings. The van der Waals surface area contributed by atoms with E-state index in [0.29, 0.717) is 25.2 Å². The first-order chi connectivity index (χ1) is 12.5. The topological polar surface area (TPSA) is 51.1 Å². The molecule has 0 radical (unpaired) electrons. The SMILES string of the molecule is CCOP(=O)(OCC)C(=NCc1ccc(N(C)C)cc1)c1ccccc1. The van der Waals surface area contributed by atoms with E-state index in [9.17, 15) is 4.57 Å². The van der Waals surface area contributed by atoms with E-state index in [1.54, 1.807) is 13.8 Å². The summed E-state index contributed by atoms with van der Waals surface area (Å²) in [7, 11) is 0.530. The lowest BCUT2D eigenvalue weighted by molar-refractivity contribution is 0.232. The summed E-state index contributed by atoms with van der Waals surface area (Å²) in [6.07, 6.45) is 0. The van der Waals surface area contributed by atoms with Gasteiger partial charge in [-0.05, 0) is 31.5 Å². The Morgan fingerprint density at radius 1 is 0.962 bits per heavy atom. The van der Waals surface area contributed by atoms with Crippen LogP contribution in [0.1, 0.15) is 25.0 Å². The van der Waals surface area contributed by atoms with Gasteiger partial charge in [-0.15, -0.1) is 0 Å². The molecule has 0 heterocycles. The van der Waals surface area contributed by atoms with Crippen LogP contribution < -0.4 is 4.90 Å². The van der Waals surface area contributed by atoms with E-state index in [0.717, 1.165) is 16.8 Å². The predicted octanol–water partition coefficient (Wildman–Crippen LogP) is 4.97. The summed E-state index contributed by atoms with van der Waals surface area (Å²) in [5.74, 6) is 0. The van der Waals surface area contributed by atoms with Crippen LogP contribution in [0.2, 0.25) is 0 Å². The van der Waals surface area contributed by atoms with Crippen molar-refractivity contribution >= 4 is 18.7 Å². The summed E-state index contributed by atoms with van der Waals surface area (Å²) in [6.45, 7) is 4.59. The third-order valence-electron chi connectivity index (χ3n) is 3.75. The molecule has 0 unspecified atom stereocenters. The maximum atomic E-state index is 13.3. The summed E-state index contributed by atoms with van der Waals surface area (Å²) in [5.41, 5.74) is 3.28. The molecule has 0 fully saturated rings. The molecule has 0 amide bonds. The van der Waals surface area contributed by atoms with Crippen LogP contribution in [-0.2, 0) is 20.2 Å². The Morgan fingerprint density at radius 3 is 2.04 bits per heavy atom. The number of nitrogens with zero attached hydrogens (tertiary/aromatic N) is 2. The Balaban J connectivity index is 2.37. The van der Waals surface area contributed by atoms with Crippen LogP contribution in [0.5, 0.6) is 0 Å². The average molecular weight is 374 g/mol. The first-order valence-electron chi connectivity index (χ1n) is 8.76. The fourth-order valence-electron chi connectivity index (χ4n) is 2.49. The molecule has 0 aliphatic carbocycles. The van der Waals surface area contributed by atoms with E-state index in [2.05, 4.69) is 4.99 Å². The zero-order valence-corrected chi connectivity index (χ0v) is 16.8. The standard InChI is InChI=1S/C20H27N2O3P/c1-5-24-26(23,25-6-2)20(18-10-8-7-9-11-18)21-16-17-12-14-19(15-13-17)22(3)4/h7-15H,5-6,16H2,1-4H3. The summed E-state index contributed by atoms with van der Waals surface area (Å²) >= 11 is 0. The van der Waals surface area contributed by atoms with Crippen LogP contribution in [0.15, 0.2) is 59.6 Å². The van der Waals surface area contributed by atoms with Gasteiger partial charge in [0.1, 0.15) is 0 Å². The Labute approximate surface area is 156 Å². The van der Waals surface area contributed by atoms with Crippen LogP contribution >= 0.6 is 7.60 Å². The van der Waals surface area contributed by atoms with E-state index >= 15 is 0 Å². The van der Waals surface area contributed by atoms with Crippen LogP contribution in [0.25, 0.3) is 0 Å². The summed E-state index contributed by atoms with van der Waals surface area (Å²) in [6, 6.07) is 17.6. The fourth-order valence-corrected chi connectivity index (χ4v) is 4.20. The van der Waals surface area contributed by atoms with E-state index in [4.69, 9.17) is 9.05 Å². The number of rotatable bonds is 9. The minimum absolute atomic E-state index is 0.292. The summed E-state index contributed by atoms with van der Waals surface area (Å²) in [5, 5.41) is 0. The Morgan fingerprint density at radius 2 is 1.54 bits per heavy atom. The molecule has 0 aromatic heterocycles. The molecule has 0 saturated heterocycles. The van der Waals surface area contributed by atoms with Crippen LogP contribution in [0.4, 0.5) is 5.69 Å². The quantitative estimate of drug-likeness (QED) is 0.460. The van der Waals surface area contributed by atoms with Gasteiger partial charge < -0.3 is 13.9 Å². The van der Waals surface area contributed by atoms with Crippen molar-refractivity contribution < 1.29 is 13.6 Å². The number of hydrogen-bond acceptors (Lipinski definition) is 5. The molecule has 0 bridgehead atoms. The summed E-state index contributed by atoms with van der Waals surface area (Å²) in [4.78, 5) is 6.68. The Bertz CT molecular complexity index is 748. The normalized spacial score (nSPS) is 12.2. The second-order valence-electron chi connectivity index (χ2n) is 5.90. The van der Waals surface area contributed by atoms with Gasteiger partial charge in [-0.25, -0.2) is 0 Å². The van der Waals surface area contributed by atoms with Gasteiger partial charge in [0, 0.05) is 25.3 Å². The molecule has 26 heavy (non-hydrogen) atoms. The zero-order valence-electron chi connectivity index (χ0n) is 15.9. The monoisotopic (exact) mass is 374 g/mol. The Kier molecular flexibility index (Phi) is 7.58. The smallest absolute Gasteiger partial charge is 0.378 e. The molecule has 140 valence electrons. The lowest BCUT2D eigenvalue weighted by Crippen LogP contribution is -2.10. The second-order valence-corrected chi connectivity index (χ2v) is 7.83. The molecule has 0 atom stereocenters. The van der Waals surface area contributed by atoms with Crippen molar-refractivity contribution in [2.45, 2.75) is 20.4 Å². The minimum atomic E-state index is -3.47. The minimum Gasteiger partial charge on any atom is -0.378 e. The molecule has 0 aliphatic heterocycles. The Hall–Kier alpha value is -1.94. The molecule has 2 rings (SSSR count). The van der Waals surface area contributed by atoms with Gasteiger partial charge >= 0.3 is 7.60 Å². The molecule has 5 nitrogen and oxygen atoms in total. The molecular formula is C20H27N2O3P. The van der Waals surface area contributed by atoms with Gasteiger partial charge in [-0.3, -0.25) is 9.56 Å². The summed E-state index contributed by atoms with van der Waals surface area (Å²) < 4.78 is 24.3. The molecular weight excluding hydrogens is 347 g/mol. The highest BCUT2D eigenvalue weighted by Crippen LogP contribution is 2.51. The third-order valence-corrected chi connectivity index (χ3v) is 5.87.